The highest BCUT2D eigenvalue weighted by atomic mass is 32.2. The SMILES string of the molecule is CCC(C)C(NC(=O)C(C)NC(=O)C1CCCN1)C(=O)NC(CCSC)C(=O)O. The zero-order valence-corrected chi connectivity index (χ0v) is 18.4. The number of carboxylic acid groups (broad SMARTS) is 1. The van der Waals surface area contributed by atoms with Crippen molar-refractivity contribution in [2.45, 2.75) is 70.6 Å². The van der Waals surface area contributed by atoms with E-state index in [1.54, 1.807) is 6.92 Å². The third-order valence-corrected chi connectivity index (χ3v) is 5.79. The zero-order valence-electron chi connectivity index (χ0n) is 17.6. The Hall–Kier alpha value is -1.81. The quantitative estimate of drug-likeness (QED) is 0.296. The van der Waals surface area contributed by atoms with Crippen LogP contribution in [-0.4, -0.2) is 71.5 Å². The highest BCUT2D eigenvalue weighted by molar-refractivity contribution is 7.98. The predicted molar refractivity (Wildman–Crippen MR) is 113 cm³/mol. The molecule has 1 fully saturated rings. The van der Waals surface area contributed by atoms with Crippen LogP contribution in [0.25, 0.3) is 0 Å². The molecule has 5 atom stereocenters. The van der Waals surface area contributed by atoms with Gasteiger partial charge in [0, 0.05) is 0 Å². The van der Waals surface area contributed by atoms with E-state index in [0.717, 1.165) is 19.4 Å². The second-order valence-electron chi connectivity index (χ2n) is 7.43. The van der Waals surface area contributed by atoms with Gasteiger partial charge in [0.1, 0.15) is 18.1 Å². The molecule has 1 saturated heterocycles. The lowest BCUT2D eigenvalue weighted by Crippen LogP contribution is -2.58. The number of hydrogen-bond acceptors (Lipinski definition) is 6. The van der Waals surface area contributed by atoms with Gasteiger partial charge >= 0.3 is 5.97 Å². The first-order valence-corrected chi connectivity index (χ1v) is 11.5. The highest BCUT2D eigenvalue weighted by Gasteiger charge is 2.32. The van der Waals surface area contributed by atoms with Gasteiger partial charge in [-0.2, -0.15) is 11.8 Å². The lowest BCUT2D eigenvalue weighted by Gasteiger charge is -2.27. The summed E-state index contributed by atoms with van der Waals surface area (Å²) in [6.07, 6.45) is 4.42. The van der Waals surface area contributed by atoms with Crippen molar-refractivity contribution in [2.24, 2.45) is 5.92 Å². The van der Waals surface area contributed by atoms with Gasteiger partial charge in [-0.3, -0.25) is 14.4 Å². The molecule has 166 valence electrons. The van der Waals surface area contributed by atoms with Crippen LogP contribution in [0.1, 0.15) is 46.5 Å². The maximum Gasteiger partial charge on any atom is 0.326 e. The average molecular weight is 431 g/mol. The Balaban J connectivity index is 2.72. The number of amides is 3. The molecule has 1 heterocycles. The lowest BCUT2D eigenvalue weighted by atomic mass is 9.97. The molecule has 5 unspecified atom stereocenters. The number of rotatable bonds is 12. The largest absolute Gasteiger partial charge is 0.480 e. The Morgan fingerprint density at radius 3 is 2.34 bits per heavy atom. The standard InChI is InChI=1S/C19H34N4O5S/c1-5-11(2)15(18(26)22-14(19(27)28)8-10-29-4)23-16(24)12(3)21-17(25)13-7-6-9-20-13/h11-15,20H,5-10H2,1-4H3,(H,21,25)(H,22,26)(H,23,24)(H,27,28). The molecule has 0 saturated carbocycles. The second kappa shape index (κ2) is 12.7. The Bertz CT molecular complexity index is 583. The fourth-order valence-corrected chi connectivity index (χ4v) is 3.49. The Morgan fingerprint density at radius 2 is 1.83 bits per heavy atom. The fourth-order valence-electron chi connectivity index (χ4n) is 3.02. The third-order valence-electron chi connectivity index (χ3n) is 5.15. The van der Waals surface area contributed by atoms with Crippen LogP contribution in [0.15, 0.2) is 0 Å². The molecule has 1 aliphatic rings. The molecular formula is C19H34N4O5S. The summed E-state index contributed by atoms with van der Waals surface area (Å²) in [5, 5.41) is 20.3. The molecule has 1 rings (SSSR count). The summed E-state index contributed by atoms with van der Waals surface area (Å²) >= 11 is 1.49. The van der Waals surface area contributed by atoms with Crippen LogP contribution in [0.5, 0.6) is 0 Å². The number of nitrogens with one attached hydrogen (secondary N) is 4. The van der Waals surface area contributed by atoms with E-state index >= 15 is 0 Å². The highest BCUT2D eigenvalue weighted by Crippen LogP contribution is 2.10. The van der Waals surface area contributed by atoms with Gasteiger partial charge in [-0.15, -0.1) is 0 Å². The number of carbonyl (C=O) groups is 4. The van der Waals surface area contributed by atoms with E-state index in [-0.39, 0.29) is 17.9 Å². The zero-order chi connectivity index (χ0) is 22.0. The molecule has 0 aromatic heterocycles. The minimum atomic E-state index is -1.11. The first-order chi connectivity index (χ1) is 13.7. The van der Waals surface area contributed by atoms with Crippen molar-refractivity contribution >= 4 is 35.5 Å². The topological polar surface area (TPSA) is 137 Å². The van der Waals surface area contributed by atoms with Crippen LogP contribution in [0.4, 0.5) is 0 Å². The first-order valence-electron chi connectivity index (χ1n) is 10.1. The van der Waals surface area contributed by atoms with Gasteiger partial charge in [0.15, 0.2) is 0 Å². The van der Waals surface area contributed by atoms with Crippen molar-refractivity contribution in [3.05, 3.63) is 0 Å². The number of hydrogen-bond donors (Lipinski definition) is 5. The van der Waals surface area contributed by atoms with Crippen molar-refractivity contribution in [3.63, 3.8) is 0 Å². The molecular weight excluding hydrogens is 396 g/mol. The molecule has 0 radical (unpaired) electrons. The van der Waals surface area contributed by atoms with Gasteiger partial charge < -0.3 is 26.4 Å². The Morgan fingerprint density at radius 1 is 1.14 bits per heavy atom. The van der Waals surface area contributed by atoms with Gasteiger partial charge in [0.2, 0.25) is 17.7 Å². The van der Waals surface area contributed by atoms with Gasteiger partial charge in [0.25, 0.3) is 0 Å². The monoisotopic (exact) mass is 430 g/mol. The van der Waals surface area contributed by atoms with Gasteiger partial charge in [0.05, 0.1) is 6.04 Å². The molecule has 0 spiro atoms. The minimum absolute atomic E-state index is 0.201. The summed E-state index contributed by atoms with van der Waals surface area (Å²) in [5.74, 6) is -1.96. The normalized spacial score (nSPS) is 20.2. The molecule has 1 aliphatic heterocycles. The van der Waals surface area contributed by atoms with Crippen molar-refractivity contribution < 1.29 is 24.3 Å². The molecule has 5 N–H and O–H groups in total. The average Bonchev–Trinajstić information content (AvgIpc) is 3.22. The third kappa shape index (κ3) is 8.22. The Kier molecular flexibility index (Phi) is 11.0. The molecule has 3 amide bonds. The number of thioether (sulfide) groups is 1. The lowest BCUT2D eigenvalue weighted by molar-refractivity contribution is -0.142. The van der Waals surface area contributed by atoms with Crippen molar-refractivity contribution in [3.8, 4) is 0 Å². The maximum atomic E-state index is 12.7. The molecule has 0 bridgehead atoms. The van der Waals surface area contributed by atoms with E-state index in [9.17, 15) is 24.3 Å². The van der Waals surface area contributed by atoms with Crippen LogP contribution in [0.2, 0.25) is 0 Å². The number of carboxylic acids is 1. The number of carbonyl (C=O) groups excluding carboxylic acids is 3. The van der Waals surface area contributed by atoms with E-state index < -0.39 is 35.9 Å². The van der Waals surface area contributed by atoms with Gasteiger partial charge in [-0.1, -0.05) is 20.3 Å². The van der Waals surface area contributed by atoms with E-state index in [4.69, 9.17) is 0 Å². The summed E-state index contributed by atoms with van der Waals surface area (Å²) in [6.45, 7) is 6.03. The van der Waals surface area contributed by atoms with Crippen molar-refractivity contribution in [1.29, 1.82) is 0 Å². The van der Waals surface area contributed by atoms with E-state index in [1.165, 1.54) is 11.8 Å². The smallest absolute Gasteiger partial charge is 0.326 e. The summed E-state index contributed by atoms with van der Waals surface area (Å²) in [6, 6.07) is -3.00. The van der Waals surface area contributed by atoms with Crippen LogP contribution < -0.4 is 21.3 Å². The summed E-state index contributed by atoms with van der Waals surface area (Å²) in [4.78, 5) is 48.9. The summed E-state index contributed by atoms with van der Waals surface area (Å²) < 4.78 is 0. The van der Waals surface area contributed by atoms with E-state index in [1.807, 2.05) is 20.1 Å². The van der Waals surface area contributed by atoms with Gasteiger partial charge in [-0.05, 0) is 50.7 Å². The first kappa shape index (κ1) is 25.2. The molecule has 0 aromatic carbocycles. The van der Waals surface area contributed by atoms with Crippen LogP contribution in [0, 0.1) is 5.92 Å². The second-order valence-corrected chi connectivity index (χ2v) is 8.42. The molecule has 0 aromatic rings. The van der Waals surface area contributed by atoms with E-state index in [0.29, 0.717) is 18.6 Å². The predicted octanol–water partition coefficient (Wildman–Crippen LogP) is 0.0965. The molecule has 10 heteroatoms. The maximum absolute atomic E-state index is 12.7. The Labute approximate surface area is 176 Å². The molecule has 9 nitrogen and oxygen atoms in total. The van der Waals surface area contributed by atoms with Crippen LogP contribution >= 0.6 is 11.8 Å². The van der Waals surface area contributed by atoms with Gasteiger partial charge in [-0.25, -0.2) is 4.79 Å². The number of aliphatic carboxylic acids is 1. The van der Waals surface area contributed by atoms with Crippen LogP contribution in [-0.2, 0) is 19.2 Å². The fraction of sp³-hybridized carbons (Fsp3) is 0.789. The summed E-state index contributed by atoms with van der Waals surface area (Å²) in [5.41, 5.74) is 0. The summed E-state index contributed by atoms with van der Waals surface area (Å²) in [7, 11) is 0. The molecule has 0 aliphatic carbocycles. The minimum Gasteiger partial charge on any atom is -0.480 e. The van der Waals surface area contributed by atoms with Crippen molar-refractivity contribution in [2.75, 3.05) is 18.6 Å². The van der Waals surface area contributed by atoms with Crippen molar-refractivity contribution in [1.82, 2.24) is 21.3 Å². The molecule has 29 heavy (non-hydrogen) atoms. The van der Waals surface area contributed by atoms with E-state index in [2.05, 4.69) is 21.3 Å². The van der Waals surface area contributed by atoms with Crippen LogP contribution in [0.3, 0.4) is 0 Å².